The highest BCUT2D eigenvalue weighted by molar-refractivity contribution is 5.97. The number of imidazole rings is 1. The Morgan fingerprint density at radius 3 is 2.71 bits per heavy atom. The van der Waals surface area contributed by atoms with E-state index in [9.17, 15) is 14.7 Å². The van der Waals surface area contributed by atoms with E-state index in [0.717, 1.165) is 5.69 Å². The first-order valence-electron chi connectivity index (χ1n) is 9.94. The van der Waals surface area contributed by atoms with Crippen LogP contribution in [-0.4, -0.2) is 64.3 Å². The molecule has 0 bridgehead atoms. The second-order valence-electron chi connectivity index (χ2n) is 7.08. The van der Waals surface area contributed by atoms with Gasteiger partial charge in [0.25, 0.3) is 12.4 Å². The maximum absolute atomic E-state index is 12.5. The number of amides is 2. The van der Waals surface area contributed by atoms with Crippen LogP contribution in [0.25, 0.3) is 0 Å². The minimum atomic E-state index is -0.768. The SMILES string of the molecule is COc1ccccc1C(=O)N[C@@H]1CC[C@H](C(=O)NCCc2cnc[nH]2)C[C@H]1O.O=CO. The van der Waals surface area contributed by atoms with Crippen molar-refractivity contribution in [2.24, 2.45) is 5.92 Å². The summed E-state index contributed by atoms with van der Waals surface area (Å²) < 4.78 is 5.21. The standard InChI is InChI=1S/C20H26N4O4.CH2O2/c1-28-18-5-3-2-4-15(18)20(27)24-16-7-6-13(10-17(16)25)19(26)22-9-8-14-11-21-12-23-14;2-1-3/h2-5,11-13,16-17,25H,6-10H2,1H3,(H,21,23)(H,22,26)(H,24,27);1H,(H,2,3)/t13-,16+,17+;/m0./s1. The van der Waals surface area contributed by atoms with E-state index in [1.54, 1.807) is 36.8 Å². The highest BCUT2D eigenvalue weighted by Crippen LogP contribution is 2.26. The molecule has 168 valence electrons. The lowest BCUT2D eigenvalue weighted by atomic mass is 9.83. The smallest absolute Gasteiger partial charge is 0.290 e. The Labute approximate surface area is 180 Å². The molecule has 1 aromatic heterocycles. The number of carboxylic acid groups (broad SMARTS) is 1. The van der Waals surface area contributed by atoms with Crippen molar-refractivity contribution in [3.8, 4) is 5.75 Å². The number of ether oxygens (including phenoxy) is 1. The quantitative estimate of drug-likeness (QED) is 0.404. The predicted molar refractivity (Wildman–Crippen MR) is 112 cm³/mol. The van der Waals surface area contributed by atoms with Crippen LogP contribution < -0.4 is 15.4 Å². The van der Waals surface area contributed by atoms with Crippen molar-refractivity contribution in [1.82, 2.24) is 20.6 Å². The van der Waals surface area contributed by atoms with Crippen LogP contribution in [-0.2, 0) is 16.0 Å². The van der Waals surface area contributed by atoms with Crippen LogP contribution in [0.15, 0.2) is 36.8 Å². The molecule has 1 aliphatic rings. The number of rotatable bonds is 7. The lowest BCUT2D eigenvalue weighted by Gasteiger charge is -2.33. The monoisotopic (exact) mass is 432 g/mol. The van der Waals surface area contributed by atoms with E-state index in [-0.39, 0.29) is 30.2 Å². The molecule has 1 heterocycles. The third-order valence-electron chi connectivity index (χ3n) is 5.10. The van der Waals surface area contributed by atoms with Crippen molar-refractivity contribution in [2.45, 2.75) is 37.8 Å². The zero-order chi connectivity index (χ0) is 22.6. The van der Waals surface area contributed by atoms with Gasteiger partial charge in [0, 0.05) is 30.8 Å². The first-order chi connectivity index (χ1) is 15.0. The predicted octanol–water partition coefficient (Wildman–Crippen LogP) is 0.737. The summed E-state index contributed by atoms with van der Waals surface area (Å²) in [6, 6.07) is 6.57. The Hall–Kier alpha value is -3.40. The maximum atomic E-state index is 12.5. The van der Waals surface area contributed by atoms with Crippen LogP contribution in [0.1, 0.15) is 35.3 Å². The molecule has 1 aromatic carbocycles. The van der Waals surface area contributed by atoms with Gasteiger partial charge in [-0.25, -0.2) is 4.98 Å². The van der Waals surface area contributed by atoms with E-state index in [1.165, 1.54) is 7.11 Å². The summed E-state index contributed by atoms with van der Waals surface area (Å²) in [6.45, 7) is 0.265. The highest BCUT2D eigenvalue weighted by atomic mass is 16.5. The van der Waals surface area contributed by atoms with Crippen molar-refractivity contribution in [1.29, 1.82) is 0 Å². The molecule has 2 aromatic rings. The lowest BCUT2D eigenvalue weighted by Crippen LogP contribution is -2.49. The number of methoxy groups -OCH3 is 1. The summed E-state index contributed by atoms with van der Waals surface area (Å²) in [5.74, 6) is -0.118. The van der Waals surface area contributed by atoms with Gasteiger partial charge in [0.1, 0.15) is 5.75 Å². The topological polar surface area (TPSA) is 154 Å². The van der Waals surface area contributed by atoms with Gasteiger partial charge >= 0.3 is 0 Å². The fourth-order valence-corrected chi connectivity index (χ4v) is 3.52. The van der Waals surface area contributed by atoms with Gasteiger partial charge in [0.2, 0.25) is 5.91 Å². The molecule has 10 heteroatoms. The number of aliphatic hydroxyl groups excluding tert-OH is 1. The van der Waals surface area contributed by atoms with Gasteiger partial charge in [-0.1, -0.05) is 12.1 Å². The Kier molecular flexibility index (Phi) is 9.50. The molecule has 31 heavy (non-hydrogen) atoms. The number of carbonyl (C=O) groups is 3. The van der Waals surface area contributed by atoms with E-state index in [0.29, 0.717) is 43.5 Å². The molecular weight excluding hydrogens is 404 g/mol. The van der Waals surface area contributed by atoms with Crippen LogP contribution in [0.4, 0.5) is 0 Å². The molecule has 2 amide bonds. The molecule has 3 rings (SSSR count). The zero-order valence-electron chi connectivity index (χ0n) is 17.3. The third-order valence-corrected chi connectivity index (χ3v) is 5.10. The van der Waals surface area contributed by atoms with Gasteiger partial charge in [0.15, 0.2) is 0 Å². The number of nitrogens with zero attached hydrogens (tertiary/aromatic N) is 1. The maximum Gasteiger partial charge on any atom is 0.290 e. The van der Waals surface area contributed by atoms with E-state index in [1.807, 2.05) is 0 Å². The molecule has 0 aliphatic heterocycles. The van der Waals surface area contributed by atoms with Crippen LogP contribution in [0.5, 0.6) is 5.75 Å². The Bertz CT molecular complexity index is 842. The number of nitrogens with one attached hydrogen (secondary N) is 3. The number of hydrogen-bond donors (Lipinski definition) is 5. The fourth-order valence-electron chi connectivity index (χ4n) is 3.52. The normalized spacial score (nSPS) is 20.0. The number of aliphatic hydroxyl groups is 1. The summed E-state index contributed by atoms with van der Waals surface area (Å²) in [5, 5.41) is 23.1. The largest absolute Gasteiger partial charge is 0.496 e. The summed E-state index contributed by atoms with van der Waals surface area (Å²) in [6.07, 6.45) is 4.73. The van der Waals surface area contributed by atoms with Gasteiger partial charge < -0.3 is 30.6 Å². The van der Waals surface area contributed by atoms with E-state index >= 15 is 0 Å². The summed E-state index contributed by atoms with van der Waals surface area (Å²) >= 11 is 0. The Balaban J connectivity index is 0.00000107. The number of benzene rings is 1. The van der Waals surface area contributed by atoms with Crippen LogP contribution in [0, 0.1) is 5.92 Å². The van der Waals surface area contributed by atoms with Gasteiger partial charge in [-0.05, 0) is 31.4 Å². The van der Waals surface area contributed by atoms with Crippen LogP contribution in [0.2, 0.25) is 0 Å². The number of para-hydroxylation sites is 1. The fraction of sp³-hybridized carbons (Fsp3) is 0.429. The zero-order valence-corrected chi connectivity index (χ0v) is 17.3. The second-order valence-corrected chi connectivity index (χ2v) is 7.08. The highest BCUT2D eigenvalue weighted by Gasteiger charge is 2.33. The van der Waals surface area contributed by atoms with Crippen molar-refractivity contribution in [3.63, 3.8) is 0 Å². The van der Waals surface area contributed by atoms with Gasteiger partial charge in [-0.15, -0.1) is 0 Å². The first kappa shape index (κ1) is 23.9. The van der Waals surface area contributed by atoms with Gasteiger partial charge in [0.05, 0.1) is 31.1 Å². The summed E-state index contributed by atoms with van der Waals surface area (Å²) in [5.41, 5.74) is 1.39. The number of carbonyl (C=O) groups excluding carboxylic acids is 2. The molecule has 0 radical (unpaired) electrons. The second kappa shape index (κ2) is 12.3. The number of H-pyrrole nitrogens is 1. The van der Waals surface area contributed by atoms with Crippen molar-refractivity contribution < 1.29 is 29.3 Å². The van der Waals surface area contributed by atoms with E-state index < -0.39 is 6.10 Å². The minimum Gasteiger partial charge on any atom is -0.496 e. The number of aromatic amines is 1. The van der Waals surface area contributed by atoms with Crippen molar-refractivity contribution in [3.05, 3.63) is 48.0 Å². The minimum absolute atomic E-state index is 0.0620. The molecule has 1 saturated carbocycles. The summed E-state index contributed by atoms with van der Waals surface area (Å²) in [7, 11) is 1.51. The van der Waals surface area contributed by atoms with Crippen LogP contribution in [0.3, 0.4) is 0 Å². The van der Waals surface area contributed by atoms with Gasteiger partial charge in [-0.3, -0.25) is 14.4 Å². The third kappa shape index (κ3) is 7.10. The molecular formula is C21H28N4O6. The van der Waals surface area contributed by atoms with Crippen molar-refractivity contribution in [2.75, 3.05) is 13.7 Å². The molecule has 0 saturated heterocycles. The molecule has 5 N–H and O–H groups in total. The molecule has 1 fully saturated rings. The lowest BCUT2D eigenvalue weighted by molar-refractivity contribution is -0.127. The van der Waals surface area contributed by atoms with E-state index in [4.69, 9.17) is 14.6 Å². The Morgan fingerprint density at radius 1 is 1.32 bits per heavy atom. The van der Waals surface area contributed by atoms with E-state index in [2.05, 4.69) is 20.6 Å². The van der Waals surface area contributed by atoms with Crippen LogP contribution >= 0.6 is 0 Å². The van der Waals surface area contributed by atoms with Gasteiger partial charge in [-0.2, -0.15) is 0 Å². The van der Waals surface area contributed by atoms with Crippen molar-refractivity contribution >= 4 is 18.3 Å². The first-order valence-corrected chi connectivity index (χ1v) is 9.94. The average molecular weight is 432 g/mol. The summed E-state index contributed by atoms with van der Waals surface area (Å²) in [4.78, 5) is 40.2. The molecule has 0 spiro atoms. The molecule has 3 atom stereocenters. The number of hydrogen-bond acceptors (Lipinski definition) is 6. The molecule has 10 nitrogen and oxygen atoms in total. The average Bonchev–Trinajstić information content (AvgIpc) is 3.29. The Morgan fingerprint density at radius 2 is 2.06 bits per heavy atom. The molecule has 1 aliphatic carbocycles. The molecule has 0 unspecified atom stereocenters. The number of aromatic nitrogens is 2.